The maximum atomic E-state index is 9.02. The van der Waals surface area contributed by atoms with Gasteiger partial charge in [-0.05, 0) is 0 Å². The van der Waals surface area contributed by atoms with E-state index in [1.165, 1.54) is 0 Å². The van der Waals surface area contributed by atoms with Gasteiger partial charge in [0.15, 0.2) is 0 Å². The summed E-state index contributed by atoms with van der Waals surface area (Å²) in [5.41, 5.74) is 0. The zero-order chi connectivity index (χ0) is 5.21. The average molecular weight is 136 g/mol. The first-order chi connectivity index (χ1) is 2.56. The van der Waals surface area contributed by atoms with Crippen molar-refractivity contribution in [1.29, 1.82) is 0 Å². The summed E-state index contributed by atoms with van der Waals surface area (Å²) in [5.74, 6) is 0. The van der Waals surface area contributed by atoms with E-state index in [0.717, 1.165) is 0 Å². The van der Waals surface area contributed by atoms with Crippen molar-refractivity contribution in [2.75, 3.05) is 0 Å². The maximum absolute atomic E-state index is 9.02. The predicted octanol–water partition coefficient (Wildman–Crippen LogP) is -4.91. The van der Waals surface area contributed by atoms with Crippen molar-refractivity contribution in [3.05, 3.63) is 0 Å². The maximum Gasteiger partial charge on any atom is 1.00 e. The van der Waals surface area contributed by atoms with Gasteiger partial charge in [0.2, 0.25) is 0 Å². The van der Waals surface area contributed by atoms with Crippen molar-refractivity contribution < 1.29 is 52.1 Å². The largest absolute Gasteiger partial charge is 1.00 e. The molecule has 0 bridgehead atoms. The van der Waals surface area contributed by atoms with Crippen LogP contribution < -0.4 is 34.8 Å². The fourth-order valence-electron chi connectivity index (χ4n) is 0. The fourth-order valence-corrected chi connectivity index (χ4v) is 0. The van der Waals surface area contributed by atoms with E-state index in [1.54, 1.807) is 0 Å². The van der Waals surface area contributed by atoms with E-state index in [1.807, 2.05) is 0 Å². The Labute approximate surface area is 62.5 Å². The second-order valence-electron chi connectivity index (χ2n) is 0.496. The van der Waals surface area contributed by atoms with Crippen LogP contribution in [0.5, 0.6) is 0 Å². The molecule has 0 aliphatic carbocycles. The number of rotatable bonds is 1. The molecule has 5 nitrogen and oxygen atoms in total. The summed E-state index contributed by atoms with van der Waals surface area (Å²) < 4.78 is 27.5. The molecule has 0 fully saturated rings. The zero-order valence-electron chi connectivity index (χ0n) is 3.49. The SMILES string of the molecule is O=S(=O)(O)O[O-].[Na+]. The van der Waals surface area contributed by atoms with Crippen LogP contribution in [0.2, 0.25) is 0 Å². The summed E-state index contributed by atoms with van der Waals surface area (Å²) in [6.45, 7) is 0. The van der Waals surface area contributed by atoms with E-state index in [-0.39, 0.29) is 29.6 Å². The predicted molar refractivity (Wildman–Crippen MR) is 12.6 cm³/mol. The molecule has 0 heterocycles. The van der Waals surface area contributed by atoms with Gasteiger partial charge in [0.25, 0.3) is 0 Å². The van der Waals surface area contributed by atoms with Crippen LogP contribution in [0, 0.1) is 0 Å². The molecule has 1 N–H and O–H groups in total. The first kappa shape index (κ1) is 10.7. The summed E-state index contributed by atoms with van der Waals surface area (Å²) in [4.78, 5) is 0. The zero-order valence-corrected chi connectivity index (χ0v) is 6.30. The van der Waals surface area contributed by atoms with E-state index in [0.29, 0.717) is 0 Å². The molecule has 0 aromatic carbocycles. The van der Waals surface area contributed by atoms with Crippen LogP contribution in [-0.4, -0.2) is 13.0 Å². The molecule has 0 atom stereocenters. The Morgan fingerprint density at radius 1 is 1.57 bits per heavy atom. The molecule has 0 amide bonds. The second-order valence-corrected chi connectivity index (χ2v) is 1.49. The summed E-state index contributed by atoms with van der Waals surface area (Å²) in [6.07, 6.45) is 0. The Hall–Kier alpha value is 0.830. The third kappa shape index (κ3) is 10.9. The molecule has 7 heteroatoms. The number of hydrogen-bond acceptors (Lipinski definition) is 4. The van der Waals surface area contributed by atoms with Crippen molar-refractivity contribution in [1.82, 2.24) is 0 Å². The molecule has 0 spiro atoms. The van der Waals surface area contributed by atoms with E-state index in [9.17, 15) is 0 Å². The van der Waals surface area contributed by atoms with Crippen LogP contribution in [0.15, 0.2) is 0 Å². The minimum atomic E-state index is -4.72. The summed E-state index contributed by atoms with van der Waals surface area (Å²) >= 11 is 0. The van der Waals surface area contributed by atoms with Crippen molar-refractivity contribution in [2.45, 2.75) is 0 Å². The van der Waals surface area contributed by atoms with Crippen LogP contribution in [0.25, 0.3) is 0 Å². The van der Waals surface area contributed by atoms with Crippen molar-refractivity contribution >= 4 is 10.4 Å². The molecule has 0 aromatic rings. The van der Waals surface area contributed by atoms with Gasteiger partial charge in [0.05, 0.1) is 0 Å². The van der Waals surface area contributed by atoms with Crippen molar-refractivity contribution in [3.63, 3.8) is 0 Å². The van der Waals surface area contributed by atoms with Gasteiger partial charge in [0, 0.05) is 0 Å². The average Bonchev–Trinajstić information content (AvgIpc) is 1.35. The van der Waals surface area contributed by atoms with Gasteiger partial charge in [-0.15, -0.1) is 0 Å². The smallest absolute Gasteiger partial charge is 0.705 e. The van der Waals surface area contributed by atoms with Gasteiger partial charge >= 0.3 is 40.0 Å². The molecular weight excluding hydrogens is 135 g/mol. The Balaban J connectivity index is 0. The molecule has 0 rings (SSSR count). The normalized spacial score (nSPS) is 10.0. The minimum absolute atomic E-state index is 0. The van der Waals surface area contributed by atoms with E-state index in [4.69, 9.17) is 18.2 Å². The molecule has 0 aliphatic rings. The monoisotopic (exact) mass is 136 g/mol. The molecule has 0 saturated carbocycles. The van der Waals surface area contributed by atoms with Crippen LogP contribution >= 0.6 is 0 Å². The molecular formula is HNaO5S. The van der Waals surface area contributed by atoms with Gasteiger partial charge in [-0.1, -0.05) is 0 Å². The minimum Gasteiger partial charge on any atom is -0.705 e. The Morgan fingerprint density at radius 2 is 1.71 bits per heavy atom. The quantitative estimate of drug-likeness (QED) is 0.169. The van der Waals surface area contributed by atoms with Gasteiger partial charge < -0.3 is 9.59 Å². The summed E-state index contributed by atoms with van der Waals surface area (Å²) in [6, 6.07) is 0. The van der Waals surface area contributed by atoms with Crippen molar-refractivity contribution in [2.24, 2.45) is 0 Å². The van der Waals surface area contributed by atoms with Gasteiger partial charge in [-0.25, -0.2) is 0 Å². The van der Waals surface area contributed by atoms with Crippen molar-refractivity contribution in [3.8, 4) is 0 Å². The standard InChI is InChI=1S/Na.H2O5S/c;1-5-6(2,3)4/h;1H,(H,2,3,4)/q+1;/p-1. The van der Waals surface area contributed by atoms with Gasteiger partial charge in [-0.3, -0.25) is 4.55 Å². The Bertz CT molecular complexity index is 110. The van der Waals surface area contributed by atoms with E-state index in [2.05, 4.69) is 4.33 Å². The van der Waals surface area contributed by atoms with Gasteiger partial charge in [0.1, 0.15) is 0 Å². The first-order valence-electron chi connectivity index (χ1n) is 0.849. The molecule has 7 heavy (non-hydrogen) atoms. The van der Waals surface area contributed by atoms with Gasteiger partial charge in [-0.2, -0.15) is 8.42 Å². The molecule has 38 valence electrons. The number of hydrogen-bond donors (Lipinski definition) is 1. The summed E-state index contributed by atoms with van der Waals surface area (Å²) in [5, 5.41) is 8.61. The third-order valence-corrected chi connectivity index (χ3v) is 0.258. The van der Waals surface area contributed by atoms with Crippen LogP contribution in [-0.2, 0) is 14.7 Å². The first-order valence-corrected chi connectivity index (χ1v) is 2.21. The van der Waals surface area contributed by atoms with E-state index < -0.39 is 10.4 Å². The molecule has 0 unspecified atom stereocenters. The topological polar surface area (TPSA) is 86.7 Å². The molecule has 0 radical (unpaired) electrons. The Morgan fingerprint density at radius 3 is 1.71 bits per heavy atom. The molecule has 0 saturated heterocycles. The molecule has 0 aromatic heterocycles. The Kier molecular flexibility index (Phi) is 5.81. The van der Waals surface area contributed by atoms with Crippen LogP contribution in [0.1, 0.15) is 0 Å². The molecule has 0 aliphatic heterocycles. The third-order valence-electron chi connectivity index (χ3n) is 0.0860. The van der Waals surface area contributed by atoms with E-state index >= 15 is 0 Å². The van der Waals surface area contributed by atoms with Crippen LogP contribution in [0.3, 0.4) is 0 Å². The van der Waals surface area contributed by atoms with Crippen LogP contribution in [0.4, 0.5) is 0 Å². The second kappa shape index (κ2) is 3.79. The summed E-state index contributed by atoms with van der Waals surface area (Å²) in [7, 11) is -4.72. The fraction of sp³-hybridized carbons (Fsp3) is 0.